The van der Waals surface area contributed by atoms with Crippen LogP contribution in [0.4, 0.5) is 5.69 Å². The monoisotopic (exact) mass is 407 g/mol. The van der Waals surface area contributed by atoms with Gasteiger partial charge in [0.15, 0.2) is 11.5 Å². The van der Waals surface area contributed by atoms with E-state index in [0.717, 1.165) is 0 Å². The number of nitrogens with one attached hydrogen (secondary N) is 1. The molecule has 130 valence electrons. The fraction of sp³-hybridized carbons (Fsp3) is 0.125. The van der Waals surface area contributed by atoms with Gasteiger partial charge in [-0.2, -0.15) is 5.10 Å². The molecule has 8 nitrogen and oxygen atoms in total. The van der Waals surface area contributed by atoms with E-state index in [0.29, 0.717) is 22.4 Å². The molecule has 0 radical (unpaired) electrons. The minimum absolute atomic E-state index is 0.0195. The van der Waals surface area contributed by atoms with Crippen LogP contribution in [0.25, 0.3) is 0 Å². The van der Waals surface area contributed by atoms with Crippen LogP contribution in [0.2, 0.25) is 0 Å². The summed E-state index contributed by atoms with van der Waals surface area (Å²) in [6.45, 7) is 2.18. The summed E-state index contributed by atoms with van der Waals surface area (Å²) in [4.78, 5) is 22.0. The zero-order valence-electron chi connectivity index (χ0n) is 13.1. The molecule has 0 aliphatic rings. The van der Waals surface area contributed by atoms with Gasteiger partial charge in [0.2, 0.25) is 0 Å². The molecule has 0 aliphatic heterocycles. The Morgan fingerprint density at radius 1 is 1.40 bits per heavy atom. The average Bonchev–Trinajstić information content (AvgIpc) is 2.59. The highest BCUT2D eigenvalue weighted by Crippen LogP contribution is 2.35. The van der Waals surface area contributed by atoms with Crippen LogP contribution in [0.5, 0.6) is 11.5 Å². The molecule has 0 fully saturated rings. The van der Waals surface area contributed by atoms with Crippen molar-refractivity contribution in [2.24, 2.45) is 5.10 Å². The van der Waals surface area contributed by atoms with E-state index in [1.807, 2.05) is 0 Å². The van der Waals surface area contributed by atoms with Crippen molar-refractivity contribution in [3.63, 3.8) is 0 Å². The lowest BCUT2D eigenvalue weighted by Crippen LogP contribution is -2.17. The Morgan fingerprint density at radius 2 is 2.08 bits per heavy atom. The maximum Gasteiger partial charge on any atom is 0.271 e. The molecule has 2 aromatic carbocycles. The van der Waals surface area contributed by atoms with E-state index >= 15 is 0 Å². The third-order valence-electron chi connectivity index (χ3n) is 3.07. The summed E-state index contributed by atoms with van der Waals surface area (Å²) in [7, 11) is 0. The van der Waals surface area contributed by atoms with Crippen molar-refractivity contribution in [1.29, 1.82) is 0 Å². The Labute approximate surface area is 151 Å². The van der Waals surface area contributed by atoms with E-state index < -0.39 is 10.8 Å². The molecule has 0 spiro atoms. The number of hydrogen-bond acceptors (Lipinski definition) is 6. The van der Waals surface area contributed by atoms with Gasteiger partial charge in [-0.1, -0.05) is 0 Å². The molecular formula is C16H14BrN3O5. The maximum absolute atomic E-state index is 11.9. The first kappa shape index (κ1) is 18.4. The molecule has 0 saturated heterocycles. The number of phenols is 1. The van der Waals surface area contributed by atoms with Crippen LogP contribution >= 0.6 is 15.9 Å². The lowest BCUT2D eigenvalue weighted by Gasteiger charge is -2.08. The molecule has 0 heterocycles. The molecule has 0 saturated carbocycles. The highest BCUT2D eigenvalue weighted by molar-refractivity contribution is 9.10. The predicted octanol–water partition coefficient (Wildman–Crippen LogP) is 3.23. The van der Waals surface area contributed by atoms with Crippen molar-refractivity contribution in [2.45, 2.75) is 6.92 Å². The van der Waals surface area contributed by atoms with Crippen LogP contribution in [-0.4, -0.2) is 28.8 Å². The van der Waals surface area contributed by atoms with E-state index in [9.17, 15) is 20.0 Å². The van der Waals surface area contributed by atoms with Crippen LogP contribution in [0, 0.1) is 10.1 Å². The largest absolute Gasteiger partial charge is 0.503 e. The highest BCUT2D eigenvalue weighted by atomic mass is 79.9. The van der Waals surface area contributed by atoms with E-state index in [1.165, 1.54) is 30.5 Å². The minimum Gasteiger partial charge on any atom is -0.503 e. The molecule has 2 N–H and O–H groups in total. The molecule has 0 atom stereocenters. The van der Waals surface area contributed by atoms with Crippen LogP contribution < -0.4 is 10.2 Å². The van der Waals surface area contributed by atoms with E-state index in [-0.39, 0.29) is 17.0 Å². The molecule has 0 bridgehead atoms. The number of nitrogens with zero attached hydrogens (tertiary/aromatic N) is 2. The third-order valence-corrected chi connectivity index (χ3v) is 3.68. The summed E-state index contributed by atoms with van der Waals surface area (Å²) < 4.78 is 5.73. The zero-order chi connectivity index (χ0) is 18.4. The minimum atomic E-state index is -0.543. The smallest absolute Gasteiger partial charge is 0.271 e. The fourth-order valence-electron chi connectivity index (χ4n) is 1.90. The Morgan fingerprint density at radius 3 is 2.68 bits per heavy atom. The van der Waals surface area contributed by atoms with Crippen molar-refractivity contribution in [1.82, 2.24) is 5.43 Å². The topological polar surface area (TPSA) is 114 Å². The van der Waals surface area contributed by atoms with Gasteiger partial charge in [0, 0.05) is 17.7 Å². The number of hydrazone groups is 1. The number of halogens is 1. The van der Waals surface area contributed by atoms with Crippen molar-refractivity contribution in [2.75, 3.05) is 6.61 Å². The van der Waals surface area contributed by atoms with Crippen molar-refractivity contribution in [3.8, 4) is 11.5 Å². The molecule has 2 rings (SSSR count). The number of carbonyl (C=O) groups is 1. The number of rotatable bonds is 6. The second-order valence-electron chi connectivity index (χ2n) is 4.79. The summed E-state index contributed by atoms with van der Waals surface area (Å²) in [6, 6.07) is 8.35. The molecule has 0 aliphatic carbocycles. The first-order chi connectivity index (χ1) is 11.9. The number of ether oxygens (including phenoxy) is 1. The Hall–Kier alpha value is -2.94. The number of non-ortho nitro benzene ring substituents is 1. The first-order valence-electron chi connectivity index (χ1n) is 7.15. The Kier molecular flexibility index (Phi) is 6.07. The number of nitro groups is 1. The number of amides is 1. The molecular weight excluding hydrogens is 394 g/mol. The number of aromatic hydroxyl groups is 1. The summed E-state index contributed by atoms with van der Waals surface area (Å²) in [5, 5.41) is 24.3. The van der Waals surface area contributed by atoms with Gasteiger partial charge in [0.25, 0.3) is 11.6 Å². The number of nitro benzene ring substituents is 1. The first-order valence-corrected chi connectivity index (χ1v) is 7.94. The molecule has 25 heavy (non-hydrogen) atoms. The highest BCUT2D eigenvalue weighted by Gasteiger charge is 2.10. The standard InChI is InChI=1S/C16H14BrN3O5/c1-2-25-14-8-10(7-13(17)15(14)21)9-18-19-16(22)11-3-5-12(6-4-11)20(23)24/h3-9,21H,2H2,1H3,(H,19,22). The van der Waals surface area contributed by atoms with Crippen molar-refractivity contribution in [3.05, 3.63) is 62.1 Å². The molecule has 0 unspecified atom stereocenters. The molecule has 2 aromatic rings. The number of phenolic OH excluding ortho intramolecular Hbond substituents is 1. The van der Waals surface area contributed by atoms with Gasteiger partial charge in [-0.15, -0.1) is 0 Å². The second-order valence-corrected chi connectivity index (χ2v) is 5.64. The van der Waals surface area contributed by atoms with Crippen molar-refractivity contribution >= 4 is 33.7 Å². The van der Waals surface area contributed by atoms with Crippen LogP contribution in [0.3, 0.4) is 0 Å². The number of benzene rings is 2. The normalized spacial score (nSPS) is 10.6. The van der Waals surface area contributed by atoms with E-state index in [2.05, 4.69) is 26.5 Å². The Balaban J connectivity index is 2.07. The third kappa shape index (κ3) is 4.77. The fourth-order valence-corrected chi connectivity index (χ4v) is 2.36. The summed E-state index contributed by atoms with van der Waals surface area (Å²) in [6.07, 6.45) is 1.38. The molecule has 9 heteroatoms. The quantitative estimate of drug-likeness (QED) is 0.433. The maximum atomic E-state index is 11.9. The molecule has 1 amide bonds. The summed E-state index contributed by atoms with van der Waals surface area (Å²) in [5.41, 5.74) is 3.06. The van der Waals surface area contributed by atoms with Gasteiger partial charge < -0.3 is 9.84 Å². The number of carbonyl (C=O) groups excluding carboxylic acids is 1. The SMILES string of the molecule is CCOc1cc(C=NNC(=O)c2ccc([N+](=O)[O-])cc2)cc(Br)c1O. The summed E-state index contributed by atoms with van der Waals surface area (Å²) in [5.74, 6) is -0.233. The summed E-state index contributed by atoms with van der Waals surface area (Å²) >= 11 is 3.21. The van der Waals surface area contributed by atoms with Gasteiger partial charge in [-0.3, -0.25) is 14.9 Å². The van der Waals surface area contributed by atoms with Gasteiger partial charge >= 0.3 is 0 Å². The lowest BCUT2D eigenvalue weighted by molar-refractivity contribution is -0.384. The van der Waals surface area contributed by atoms with Crippen molar-refractivity contribution < 1.29 is 19.6 Å². The van der Waals surface area contributed by atoms with Gasteiger partial charge in [-0.25, -0.2) is 5.43 Å². The van der Waals surface area contributed by atoms with Crippen LogP contribution in [-0.2, 0) is 0 Å². The number of hydrogen-bond donors (Lipinski definition) is 2. The zero-order valence-corrected chi connectivity index (χ0v) is 14.7. The van der Waals surface area contributed by atoms with Crippen LogP contribution in [0.1, 0.15) is 22.8 Å². The average molecular weight is 408 g/mol. The predicted molar refractivity (Wildman–Crippen MR) is 95.1 cm³/mol. The second kappa shape index (κ2) is 8.25. The van der Waals surface area contributed by atoms with E-state index in [1.54, 1.807) is 19.1 Å². The Bertz CT molecular complexity index is 821. The van der Waals surface area contributed by atoms with Crippen LogP contribution in [0.15, 0.2) is 46.0 Å². The van der Waals surface area contributed by atoms with E-state index in [4.69, 9.17) is 4.74 Å². The van der Waals surface area contributed by atoms with Gasteiger partial charge in [0.05, 0.1) is 22.2 Å². The van der Waals surface area contributed by atoms with Gasteiger partial charge in [0.1, 0.15) is 0 Å². The lowest BCUT2D eigenvalue weighted by atomic mass is 10.2. The van der Waals surface area contributed by atoms with Gasteiger partial charge in [-0.05, 0) is 52.7 Å². The molecule has 0 aromatic heterocycles.